The van der Waals surface area contributed by atoms with E-state index in [0.717, 1.165) is 15.8 Å². The monoisotopic (exact) mass is 456 g/mol. The van der Waals surface area contributed by atoms with Crippen LogP contribution in [-0.2, 0) is 9.59 Å². The number of anilines is 1. The molecule has 0 radical (unpaired) electrons. The molecule has 1 amide bonds. The summed E-state index contributed by atoms with van der Waals surface area (Å²) in [5.74, 6) is -1.07. The highest BCUT2D eigenvalue weighted by Crippen LogP contribution is 2.44. The van der Waals surface area contributed by atoms with Crippen LogP contribution in [0.25, 0.3) is 16.0 Å². The van der Waals surface area contributed by atoms with E-state index in [1.165, 1.54) is 16.2 Å². The van der Waals surface area contributed by atoms with Crippen molar-refractivity contribution in [3.05, 3.63) is 95.1 Å². The highest BCUT2D eigenvalue weighted by atomic mass is 32.1. The van der Waals surface area contributed by atoms with Gasteiger partial charge in [0.05, 0.1) is 28.9 Å². The van der Waals surface area contributed by atoms with Crippen molar-refractivity contribution in [2.75, 3.05) is 12.0 Å². The molecule has 7 heteroatoms. The van der Waals surface area contributed by atoms with Crippen LogP contribution in [0.2, 0.25) is 0 Å². The van der Waals surface area contributed by atoms with Crippen LogP contribution < -0.4 is 9.64 Å². The van der Waals surface area contributed by atoms with Gasteiger partial charge in [0, 0.05) is 5.56 Å². The molecule has 4 aromatic rings. The molecule has 3 aromatic carbocycles. The minimum Gasteiger partial charge on any atom is -0.507 e. The molecule has 164 valence electrons. The normalized spacial score (nSPS) is 17.6. The Labute approximate surface area is 194 Å². The molecule has 1 N–H and O–H groups in total. The molecule has 0 bridgehead atoms. The standard InChI is InChI=1S/C26H20N2O4S/c1-15-8-13-19-20(14-15)33-26(27-19)28-22(16-6-4-3-5-7-16)21(24(30)25(28)31)23(29)17-9-11-18(32-2)12-10-17/h3-14,22,29H,1-2H3/t22-/m1/s1. The van der Waals surface area contributed by atoms with Gasteiger partial charge >= 0.3 is 5.91 Å². The number of hydrogen-bond acceptors (Lipinski definition) is 6. The summed E-state index contributed by atoms with van der Waals surface area (Å²) >= 11 is 1.35. The third kappa shape index (κ3) is 3.56. The van der Waals surface area contributed by atoms with Crippen LogP contribution in [0.5, 0.6) is 5.75 Å². The molecular weight excluding hydrogens is 436 g/mol. The number of Topliss-reactive ketones (excluding diaryl/α,β-unsaturated/α-hetero) is 1. The Morgan fingerprint density at radius 1 is 1.03 bits per heavy atom. The first kappa shape index (κ1) is 20.9. The molecule has 1 atom stereocenters. The summed E-state index contributed by atoms with van der Waals surface area (Å²) in [6, 6.07) is 21.0. The molecular formula is C26H20N2O4S. The molecule has 0 spiro atoms. The molecule has 1 saturated heterocycles. The molecule has 1 aliphatic heterocycles. The molecule has 1 fully saturated rings. The van der Waals surface area contributed by atoms with Crippen molar-refractivity contribution in [2.24, 2.45) is 0 Å². The number of aliphatic hydroxyl groups is 1. The lowest BCUT2D eigenvalue weighted by atomic mass is 9.95. The number of carbonyl (C=O) groups excluding carboxylic acids is 2. The summed E-state index contributed by atoms with van der Waals surface area (Å²) in [6.45, 7) is 1.99. The minimum absolute atomic E-state index is 0.0341. The second-order valence-electron chi connectivity index (χ2n) is 7.78. The van der Waals surface area contributed by atoms with Crippen molar-refractivity contribution in [2.45, 2.75) is 13.0 Å². The lowest BCUT2D eigenvalue weighted by molar-refractivity contribution is -0.132. The Balaban J connectivity index is 1.70. The van der Waals surface area contributed by atoms with Gasteiger partial charge in [-0.1, -0.05) is 47.7 Å². The van der Waals surface area contributed by atoms with E-state index < -0.39 is 17.7 Å². The van der Waals surface area contributed by atoms with E-state index in [1.807, 2.05) is 55.5 Å². The lowest BCUT2D eigenvalue weighted by Crippen LogP contribution is -2.29. The Bertz CT molecular complexity index is 1410. The van der Waals surface area contributed by atoms with Gasteiger partial charge in [-0.3, -0.25) is 14.5 Å². The number of carbonyl (C=O) groups is 2. The zero-order valence-corrected chi connectivity index (χ0v) is 18.8. The smallest absolute Gasteiger partial charge is 0.301 e. The molecule has 5 rings (SSSR count). The fraction of sp³-hybridized carbons (Fsp3) is 0.115. The van der Waals surface area contributed by atoms with Crippen molar-refractivity contribution in [1.82, 2.24) is 4.98 Å². The van der Waals surface area contributed by atoms with Crippen LogP contribution in [-0.4, -0.2) is 28.9 Å². The average Bonchev–Trinajstić information content (AvgIpc) is 3.37. The fourth-order valence-electron chi connectivity index (χ4n) is 4.01. The number of amides is 1. The summed E-state index contributed by atoms with van der Waals surface area (Å²) in [5, 5.41) is 11.6. The number of ether oxygens (including phenoxy) is 1. The van der Waals surface area contributed by atoms with Crippen LogP contribution in [0.3, 0.4) is 0 Å². The fourth-order valence-corrected chi connectivity index (χ4v) is 5.10. The number of nitrogens with zero attached hydrogens (tertiary/aromatic N) is 2. The number of benzene rings is 3. The van der Waals surface area contributed by atoms with Gasteiger partial charge < -0.3 is 9.84 Å². The summed E-state index contributed by atoms with van der Waals surface area (Å²) in [4.78, 5) is 32.5. The van der Waals surface area contributed by atoms with Crippen molar-refractivity contribution in [3.63, 3.8) is 0 Å². The second-order valence-corrected chi connectivity index (χ2v) is 8.79. The van der Waals surface area contributed by atoms with Crippen LogP contribution in [0.1, 0.15) is 22.7 Å². The molecule has 1 aliphatic rings. The Morgan fingerprint density at radius 2 is 1.76 bits per heavy atom. The zero-order chi connectivity index (χ0) is 23.1. The highest BCUT2D eigenvalue weighted by molar-refractivity contribution is 7.22. The Kier molecular flexibility index (Phi) is 5.18. The van der Waals surface area contributed by atoms with Crippen LogP contribution in [0.15, 0.2) is 78.4 Å². The molecule has 0 aliphatic carbocycles. The largest absolute Gasteiger partial charge is 0.507 e. The third-order valence-electron chi connectivity index (χ3n) is 5.66. The van der Waals surface area contributed by atoms with Gasteiger partial charge in [-0.15, -0.1) is 0 Å². The van der Waals surface area contributed by atoms with Crippen LogP contribution in [0.4, 0.5) is 5.13 Å². The van der Waals surface area contributed by atoms with E-state index in [-0.39, 0.29) is 11.3 Å². The third-order valence-corrected chi connectivity index (χ3v) is 6.68. The summed E-state index contributed by atoms with van der Waals surface area (Å²) in [7, 11) is 1.55. The number of aromatic nitrogens is 1. The quantitative estimate of drug-likeness (QED) is 0.258. The maximum Gasteiger partial charge on any atom is 0.301 e. The predicted octanol–water partition coefficient (Wildman–Crippen LogP) is 5.24. The van der Waals surface area contributed by atoms with Gasteiger partial charge in [-0.05, 0) is 54.4 Å². The second kappa shape index (κ2) is 8.18. The van der Waals surface area contributed by atoms with Crippen LogP contribution >= 0.6 is 11.3 Å². The van der Waals surface area contributed by atoms with Crippen molar-refractivity contribution >= 4 is 44.1 Å². The summed E-state index contributed by atoms with van der Waals surface area (Å²) < 4.78 is 6.11. The van der Waals surface area contributed by atoms with Gasteiger partial charge in [0.2, 0.25) is 0 Å². The number of methoxy groups -OCH3 is 1. The first-order chi connectivity index (χ1) is 16.0. The number of hydrogen-bond donors (Lipinski definition) is 1. The van der Waals surface area contributed by atoms with E-state index >= 15 is 0 Å². The minimum atomic E-state index is -0.796. The molecule has 0 saturated carbocycles. The lowest BCUT2D eigenvalue weighted by Gasteiger charge is -2.22. The predicted molar refractivity (Wildman–Crippen MR) is 129 cm³/mol. The summed E-state index contributed by atoms with van der Waals surface area (Å²) in [5.41, 5.74) is 3.01. The number of fused-ring (bicyclic) bond motifs is 1. The van der Waals surface area contributed by atoms with Gasteiger partial charge in [0.15, 0.2) is 5.13 Å². The Hall–Kier alpha value is -3.97. The van der Waals surface area contributed by atoms with E-state index in [1.54, 1.807) is 31.4 Å². The van der Waals surface area contributed by atoms with E-state index in [2.05, 4.69) is 4.98 Å². The molecule has 0 unspecified atom stereocenters. The average molecular weight is 457 g/mol. The van der Waals surface area contributed by atoms with Gasteiger partial charge in [0.1, 0.15) is 11.5 Å². The molecule has 6 nitrogen and oxygen atoms in total. The number of thiazole rings is 1. The zero-order valence-electron chi connectivity index (χ0n) is 18.0. The SMILES string of the molecule is COc1ccc(C(O)=C2C(=O)C(=O)N(c3nc4ccc(C)cc4s3)[C@@H]2c2ccccc2)cc1. The number of aryl methyl sites for hydroxylation is 1. The summed E-state index contributed by atoms with van der Waals surface area (Å²) in [6.07, 6.45) is 0. The van der Waals surface area contributed by atoms with Crippen molar-refractivity contribution < 1.29 is 19.4 Å². The van der Waals surface area contributed by atoms with E-state index in [4.69, 9.17) is 4.74 Å². The number of ketones is 1. The van der Waals surface area contributed by atoms with E-state index in [0.29, 0.717) is 22.0 Å². The van der Waals surface area contributed by atoms with E-state index in [9.17, 15) is 14.7 Å². The van der Waals surface area contributed by atoms with Gasteiger partial charge in [0.25, 0.3) is 5.78 Å². The maximum absolute atomic E-state index is 13.3. The first-order valence-electron chi connectivity index (χ1n) is 10.4. The van der Waals surface area contributed by atoms with Gasteiger partial charge in [-0.2, -0.15) is 0 Å². The Morgan fingerprint density at radius 3 is 2.45 bits per heavy atom. The van der Waals surface area contributed by atoms with Crippen molar-refractivity contribution in [1.29, 1.82) is 0 Å². The highest BCUT2D eigenvalue weighted by Gasteiger charge is 2.48. The molecule has 1 aromatic heterocycles. The molecule has 33 heavy (non-hydrogen) atoms. The van der Waals surface area contributed by atoms with Crippen LogP contribution in [0, 0.1) is 6.92 Å². The molecule has 2 heterocycles. The topological polar surface area (TPSA) is 79.7 Å². The maximum atomic E-state index is 13.3. The first-order valence-corrected chi connectivity index (χ1v) is 11.2. The number of aliphatic hydroxyl groups excluding tert-OH is 1. The van der Waals surface area contributed by atoms with Gasteiger partial charge in [-0.25, -0.2) is 4.98 Å². The number of rotatable bonds is 4. The van der Waals surface area contributed by atoms with Crippen molar-refractivity contribution in [3.8, 4) is 5.75 Å².